The van der Waals surface area contributed by atoms with Crippen LogP contribution in [0.25, 0.3) is 11.3 Å². The molecule has 2 aromatic rings. The van der Waals surface area contributed by atoms with Crippen LogP contribution in [0.3, 0.4) is 0 Å². The number of rotatable bonds is 4. The van der Waals surface area contributed by atoms with Gasteiger partial charge in [-0.1, -0.05) is 24.3 Å². The Labute approximate surface area is 142 Å². The van der Waals surface area contributed by atoms with Crippen molar-refractivity contribution >= 4 is 5.91 Å². The molecule has 1 aromatic heterocycles. The molecule has 1 amide bonds. The Balaban J connectivity index is 1.66. The van der Waals surface area contributed by atoms with Crippen LogP contribution in [0.1, 0.15) is 23.0 Å². The van der Waals surface area contributed by atoms with Crippen LogP contribution in [0.15, 0.2) is 30.3 Å². The number of carbonyl (C=O) groups is 1. The fourth-order valence-electron chi connectivity index (χ4n) is 3.11. The van der Waals surface area contributed by atoms with Crippen molar-refractivity contribution in [2.45, 2.75) is 20.0 Å². The third kappa shape index (κ3) is 3.66. The Morgan fingerprint density at radius 1 is 1.29 bits per heavy atom. The molecule has 1 aliphatic rings. The highest BCUT2D eigenvalue weighted by Crippen LogP contribution is 2.22. The summed E-state index contributed by atoms with van der Waals surface area (Å²) in [7, 11) is 0. The summed E-state index contributed by atoms with van der Waals surface area (Å²) in [6.07, 6.45) is -0.337. The van der Waals surface area contributed by atoms with Crippen LogP contribution in [0.5, 0.6) is 0 Å². The third-order valence-electron chi connectivity index (χ3n) is 4.41. The Morgan fingerprint density at radius 2 is 2.00 bits per heavy atom. The lowest BCUT2D eigenvalue weighted by atomic mass is 10.1. The number of β-amino-alcohol motifs (C(OH)–C–C–N with tert-alkyl or cyclic N) is 1. The number of aliphatic hydroxyl groups excluding tert-OH is 1. The lowest BCUT2D eigenvalue weighted by molar-refractivity contribution is 0.0549. The zero-order valence-electron chi connectivity index (χ0n) is 14.2. The first-order chi connectivity index (χ1) is 11.5. The number of aromatic amines is 1. The molecule has 24 heavy (non-hydrogen) atoms. The largest absolute Gasteiger partial charge is 0.392 e. The summed E-state index contributed by atoms with van der Waals surface area (Å²) in [6, 6.07) is 9.83. The molecule has 0 radical (unpaired) electrons. The molecular formula is C18H24N4O2. The molecule has 128 valence electrons. The highest BCUT2D eigenvalue weighted by atomic mass is 16.3. The summed E-state index contributed by atoms with van der Waals surface area (Å²) in [5.74, 6) is -0.0148. The van der Waals surface area contributed by atoms with Crippen molar-refractivity contribution in [3.8, 4) is 11.3 Å². The van der Waals surface area contributed by atoms with Crippen LogP contribution in [-0.2, 0) is 0 Å². The van der Waals surface area contributed by atoms with Gasteiger partial charge in [-0.25, -0.2) is 0 Å². The van der Waals surface area contributed by atoms with E-state index < -0.39 is 0 Å². The van der Waals surface area contributed by atoms with Crippen molar-refractivity contribution in [1.29, 1.82) is 0 Å². The number of carbonyl (C=O) groups excluding carboxylic acids is 1. The van der Waals surface area contributed by atoms with Gasteiger partial charge in [0.15, 0.2) is 0 Å². The molecule has 6 nitrogen and oxygen atoms in total. The molecule has 1 aliphatic heterocycles. The van der Waals surface area contributed by atoms with Gasteiger partial charge in [0, 0.05) is 38.3 Å². The van der Waals surface area contributed by atoms with Gasteiger partial charge < -0.3 is 10.0 Å². The average Bonchev–Trinajstić information content (AvgIpc) is 3.04. The average molecular weight is 328 g/mol. The maximum absolute atomic E-state index is 12.6. The van der Waals surface area contributed by atoms with Gasteiger partial charge >= 0.3 is 0 Å². The van der Waals surface area contributed by atoms with E-state index in [-0.39, 0.29) is 12.0 Å². The van der Waals surface area contributed by atoms with Crippen molar-refractivity contribution < 1.29 is 9.90 Å². The SMILES string of the molecule is Cc1ccccc1-c1cc(C(=O)N2CCN(CC(C)O)CC2)[nH]n1. The molecule has 1 atom stereocenters. The summed E-state index contributed by atoms with van der Waals surface area (Å²) >= 11 is 0. The standard InChI is InChI=1S/C18H24N4O2/c1-13-5-3-4-6-15(13)16-11-17(20-19-16)18(24)22-9-7-21(8-10-22)12-14(2)23/h3-6,11,14,23H,7-10,12H2,1-2H3,(H,19,20). The Hall–Kier alpha value is -2.18. The molecule has 0 saturated carbocycles. The number of hydrogen-bond donors (Lipinski definition) is 2. The fraction of sp³-hybridized carbons (Fsp3) is 0.444. The maximum atomic E-state index is 12.6. The molecule has 1 saturated heterocycles. The molecule has 0 bridgehead atoms. The lowest BCUT2D eigenvalue weighted by Crippen LogP contribution is -2.50. The molecule has 0 aliphatic carbocycles. The van der Waals surface area contributed by atoms with E-state index in [1.165, 1.54) is 0 Å². The highest BCUT2D eigenvalue weighted by molar-refractivity contribution is 5.93. The first kappa shape index (κ1) is 16.7. The maximum Gasteiger partial charge on any atom is 0.271 e. The van der Waals surface area contributed by atoms with E-state index in [4.69, 9.17) is 0 Å². The number of benzene rings is 1. The lowest BCUT2D eigenvalue weighted by Gasteiger charge is -2.34. The third-order valence-corrected chi connectivity index (χ3v) is 4.41. The van der Waals surface area contributed by atoms with Crippen LogP contribution >= 0.6 is 0 Å². The minimum Gasteiger partial charge on any atom is -0.392 e. The number of hydrogen-bond acceptors (Lipinski definition) is 4. The Kier molecular flexibility index (Phi) is 4.97. The number of aryl methyl sites for hydroxylation is 1. The van der Waals surface area contributed by atoms with E-state index in [1.54, 1.807) is 6.92 Å². The van der Waals surface area contributed by atoms with Gasteiger partial charge in [0.1, 0.15) is 5.69 Å². The van der Waals surface area contributed by atoms with E-state index in [2.05, 4.69) is 15.1 Å². The zero-order valence-corrected chi connectivity index (χ0v) is 14.2. The topological polar surface area (TPSA) is 72.5 Å². The molecule has 1 unspecified atom stereocenters. The monoisotopic (exact) mass is 328 g/mol. The number of nitrogens with zero attached hydrogens (tertiary/aromatic N) is 3. The van der Waals surface area contributed by atoms with E-state index in [0.717, 1.165) is 29.9 Å². The molecule has 6 heteroatoms. The normalized spacial score (nSPS) is 17.0. The summed E-state index contributed by atoms with van der Waals surface area (Å²) in [5, 5.41) is 16.6. The number of amides is 1. The predicted molar refractivity (Wildman–Crippen MR) is 92.8 cm³/mol. The van der Waals surface area contributed by atoms with E-state index in [0.29, 0.717) is 25.3 Å². The predicted octanol–water partition coefficient (Wildman–Crippen LogP) is 1.52. The van der Waals surface area contributed by atoms with Gasteiger partial charge in [0.2, 0.25) is 0 Å². The van der Waals surface area contributed by atoms with Crippen LogP contribution in [-0.4, -0.2) is 69.8 Å². The van der Waals surface area contributed by atoms with Crippen molar-refractivity contribution in [1.82, 2.24) is 20.0 Å². The fourth-order valence-corrected chi connectivity index (χ4v) is 3.11. The first-order valence-electron chi connectivity index (χ1n) is 8.35. The molecular weight excluding hydrogens is 304 g/mol. The Bertz CT molecular complexity index is 703. The van der Waals surface area contributed by atoms with Gasteiger partial charge in [-0.2, -0.15) is 5.10 Å². The summed E-state index contributed by atoms with van der Waals surface area (Å²) in [4.78, 5) is 16.7. The number of H-pyrrole nitrogens is 1. The number of aliphatic hydroxyl groups is 1. The van der Waals surface area contributed by atoms with Crippen LogP contribution in [0, 0.1) is 6.92 Å². The quantitative estimate of drug-likeness (QED) is 0.893. The second-order valence-corrected chi connectivity index (χ2v) is 6.42. The van der Waals surface area contributed by atoms with Crippen molar-refractivity contribution in [2.75, 3.05) is 32.7 Å². The minimum atomic E-state index is -0.337. The van der Waals surface area contributed by atoms with Crippen molar-refractivity contribution in [2.24, 2.45) is 0 Å². The molecule has 1 fully saturated rings. The second kappa shape index (κ2) is 7.15. The van der Waals surface area contributed by atoms with Crippen LogP contribution < -0.4 is 0 Å². The number of nitrogens with one attached hydrogen (secondary N) is 1. The highest BCUT2D eigenvalue weighted by Gasteiger charge is 2.24. The minimum absolute atomic E-state index is 0.0148. The van der Waals surface area contributed by atoms with Gasteiger partial charge in [-0.15, -0.1) is 0 Å². The number of piperazine rings is 1. The van der Waals surface area contributed by atoms with Crippen LogP contribution in [0.4, 0.5) is 0 Å². The molecule has 2 heterocycles. The van der Waals surface area contributed by atoms with Gasteiger partial charge in [-0.05, 0) is 25.5 Å². The first-order valence-corrected chi connectivity index (χ1v) is 8.35. The van der Waals surface area contributed by atoms with Gasteiger partial charge in [0.25, 0.3) is 5.91 Å². The van der Waals surface area contributed by atoms with Gasteiger partial charge in [-0.3, -0.25) is 14.8 Å². The zero-order chi connectivity index (χ0) is 17.1. The summed E-state index contributed by atoms with van der Waals surface area (Å²) in [5.41, 5.74) is 3.49. The second-order valence-electron chi connectivity index (χ2n) is 6.42. The molecule has 1 aromatic carbocycles. The van der Waals surface area contributed by atoms with Crippen molar-refractivity contribution in [3.63, 3.8) is 0 Å². The summed E-state index contributed by atoms with van der Waals surface area (Å²) in [6.45, 7) is 7.39. The van der Waals surface area contributed by atoms with E-state index >= 15 is 0 Å². The van der Waals surface area contributed by atoms with E-state index in [9.17, 15) is 9.90 Å². The molecule has 0 spiro atoms. The molecule has 3 rings (SSSR count). The van der Waals surface area contributed by atoms with Crippen molar-refractivity contribution in [3.05, 3.63) is 41.6 Å². The van der Waals surface area contributed by atoms with Gasteiger partial charge in [0.05, 0.1) is 11.8 Å². The molecule has 2 N–H and O–H groups in total. The summed E-state index contributed by atoms with van der Waals surface area (Å²) < 4.78 is 0. The van der Waals surface area contributed by atoms with Crippen LogP contribution in [0.2, 0.25) is 0 Å². The number of aromatic nitrogens is 2. The Morgan fingerprint density at radius 3 is 2.67 bits per heavy atom. The van der Waals surface area contributed by atoms with E-state index in [1.807, 2.05) is 42.2 Å². The smallest absolute Gasteiger partial charge is 0.271 e.